The first-order valence-corrected chi connectivity index (χ1v) is 9.26. The Hall–Kier alpha value is -2.66. The highest BCUT2D eigenvalue weighted by Gasteiger charge is 2.19. The average molecular weight is 347 g/mol. The van der Waals surface area contributed by atoms with Gasteiger partial charge in [0.15, 0.2) is 0 Å². The molecule has 0 aliphatic carbocycles. The largest absolute Gasteiger partial charge is 0.370 e. The maximum absolute atomic E-state index is 4.53. The van der Waals surface area contributed by atoms with Gasteiger partial charge in [-0.1, -0.05) is 23.8 Å². The van der Waals surface area contributed by atoms with E-state index in [1.54, 1.807) is 12.5 Å². The summed E-state index contributed by atoms with van der Waals surface area (Å²) in [5, 5.41) is 3.70. The first-order valence-electron chi connectivity index (χ1n) is 9.26. The summed E-state index contributed by atoms with van der Waals surface area (Å²) in [4.78, 5) is 11.1. The number of hydrogen-bond acceptors (Lipinski definition) is 4. The molecule has 0 amide bonds. The minimum Gasteiger partial charge on any atom is -0.370 e. The standard InChI is InChI=1S/C21H25N5/c1-17-4-7-20(8-5-17)25-11-2-3-19(15-25)23-13-18-6-9-21(24-14-18)26-12-10-22-16-26/h4-10,12,14,16,19,23H,2-3,11,13,15H2,1H3/t19-/m0/s1. The first kappa shape index (κ1) is 16.8. The van der Waals surface area contributed by atoms with Gasteiger partial charge in [0.1, 0.15) is 12.1 Å². The van der Waals surface area contributed by atoms with E-state index >= 15 is 0 Å². The van der Waals surface area contributed by atoms with Crippen LogP contribution in [-0.2, 0) is 6.54 Å². The lowest BCUT2D eigenvalue weighted by molar-refractivity contribution is 0.421. The van der Waals surface area contributed by atoms with E-state index in [1.807, 2.05) is 23.0 Å². The van der Waals surface area contributed by atoms with E-state index in [1.165, 1.54) is 29.7 Å². The molecule has 134 valence electrons. The van der Waals surface area contributed by atoms with E-state index in [0.29, 0.717) is 6.04 Å². The monoisotopic (exact) mass is 347 g/mol. The molecule has 3 aromatic rings. The molecule has 1 aliphatic rings. The Bertz CT molecular complexity index is 809. The quantitative estimate of drug-likeness (QED) is 0.769. The van der Waals surface area contributed by atoms with Crippen molar-refractivity contribution in [1.82, 2.24) is 19.9 Å². The Labute approximate surface area is 154 Å². The number of hydrogen-bond donors (Lipinski definition) is 1. The number of rotatable bonds is 5. The topological polar surface area (TPSA) is 46.0 Å². The second kappa shape index (κ2) is 7.70. The Morgan fingerprint density at radius 2 is 2.04 bits per heavy atom. The molecule has 0 radical (unpaired) electrons. The van der Waals surface area contributed by atoms with Crippen molar-refractivity contribution in [3.8, 4) is 5.82 Å². The second-order valence-corrected chi connectivity index (χ2v) is 7.00. The number of aryl methyl sites for hydroxylation is 1. The SMILES string of the molecule is Cc1ccc(N2CCC[C@H](NCc3ccc(-n4ccnc4)nc3)C2)cc1. The molecule has 1 N–H and O–H groups in total. The van der Waals surface area contributed by atoms with E-state index in [-0.39, 0.29) is 0 Å². The van der Waals surface area contributed by atoms with Crippen LogP contribution in [0.3, 0.4) is 0 Å². The zero-order chi connectivity index (χ0) is 17.8. The molecule has 0 spiro atoms. The molecule has 0 saturated carbocycles. The van der Waals surface area contributed by atoms with Crippen molar-refractivity contribution < 1.29 is 0 Å². The molecule has 5 nitrogen and oxygen atoms in total. The number of benzene rings is 1. The van der Waals surface area contributed by atoms with Crippen molar-refractivity contribution in [3.05, 3.63) is 72.4 Å². The van der Waals surface area contributed by atoms with E-state index in [2.05, 4.69) is 57.4 Å². The van der Waals surface area contributed by atoms with Crippen LogP contribution in [0.5, 0.6) is 0 Å². The highest BCUT2D eigenvalue weighted by atomic mass is 15.2. The smallest absolute Gasteiger partial charge is 0.137 e. The third kappa shape index (κ3) is 3.94. The van der Waals surface area contributed by atoms with Crippen molar-refractivity contribution >= 4 is 5.69 Å². The average Bonchev–Trinajstić information content (AvgIpc) is 3.22. The number of imidazole rings is 1. The van der Waals surface area contributed by atoms with Crippen LogP contribution in [0.4, 0.5) is 5.69 Å². The van der Waals surface area contributed by atoms with Crippen LogP contribution < -0.4 is 10.2 Å². The van der Waals surface area contributed by atoms with Crippen LogP contribution in [0.15, 0.2) is 61.3 Å². The fourth-order valence-corrected chi connectivity index (χ4v) is 3.46. The van der Waals surface area contributed by atoms with Gasteiger partial charge in [-0.2, -0.15) is 0 Å². The zero-order valence-corrected chi connectivity index (χ0v) is 15.2. The summed E-state index contributed by atoms with van der Waals surface area (Å²) in [6, 6.07) is 13.5. The van der Waals surface area contributed by atoms with Gasteiger partial charge >= 0.3 is 0 Å². The number of nitrogens with one attached hydrogen (secondary N) is 1. The van der Waals surface area contributed by atoms with Crippen LogP contribution in [0.25, 0.3) is 5.82 Å². The zero-order valence-electron chi connectivity index (χ0n) is 15.2. The molecular formula is C21H25N5. The van der Waals surface area contributed by atoms with Gasteiger partial charge in [0.25, 0.3) is 0 Å². The van der Waals surface area contributed by atoms with Crippen molar-refractivity contribution in [1.29, 1.82) is 0 Å². The molecule has 4 rings (SSSR count). The van der Waals surface area contributed by atoms with Crippen molar-refractivity contribution in [2.75, 3.05) is 18.0 Å². The lowest BCUT2D eigenvalue weighted by atomic mass is 10.0. The van der Waals surface area contributed by atoms with Crippen LogP contribution in [0, 0.1) is 6.92 Å². The van der Waals surface area contributed by atoms with E-state index in [4.69, 9.17) is 0 Å². The molecule has 1 saturated heterocycles. The summed E-state index contributed by atoms with van der Waals surface area (Å²) in [5.74, 6) is 0.898. The van der Waals surface area contributed by atoms with Gasteiger partial charge in [0, 0.05) is 50.0 Å². The van der Waals surface area contributed by atoms with Gasteiger partial charge in [0.05, 0.1) is 0 Å². The molecule has 3 heterocycles. The second-order valence-electron chi connectivity index (χ2n) is 7.00. The van der Waals surface area contributed by atoms with E-state index in [9.17, 15) is 0 Å². The van der Waals surface area contributed by atoms with E-state index in [0.717, 1.165) is 25.5 Å². The predicted octanol–water partition coefficient (Wildman–Crippen LogP) is 3.33. The van der Waals surface area contributed by atoms with Gasteiger partial charge in [-0.25, -0.2) is 9.97 Å². The first-order chi connectivity index (χ1) is 12.8. The summed E-state index contributed by atoms with van der Waals surface area (Å²) in [6.45, 7) is 5.19. The lowest BCUT2D eigenvalue weighted by Crippen LogP contribution is -2.45. The van der Waals surface area contributed by atoms with Gasteiger partial charge in [-0.15, -0.1) is 0 Å². The summed E-state index contributed by atoms with van der Waals surface area (Å²) >= 11 is 0. The Morgan fingerprint density at radius 3 is 2.77 bits per heavy atom. The molecule has 26 heavy (non-hydrogen) atoms. The number of nitrogens with zero attached hydrogens (tertiary/aromatic N) is 4. The Balaban J connectivity index is 1.33. The molecular weight excluding hydrogens is 322 g/mol. The summed E-state index contributed by atoms with van der Waals surface area (Å²) in [5.41, 5.74) is 3.85. The van der Waals surface area contributed by atoms with Crippen LogP contribution >= 0.6 is 0 Å². The summed E-state index contributed by atoms with van der Waals surface area (Å²) in [7, 11) is 0. The van der Waals surface area contributed by atoms with Gasteiger partial charge in [-0.05, 0) is 43.5 Å². The minimum absolute atomic E-state index is 0.512. The maximum Gasteiger partial charge on any atom is 0.137 e. The molecule has 1 atom stereocenters. The Morgan fingerprint density at radius 1 is 1.15 bits per heavy atom. The van der Waals surface area contributed by atoms with Gasteiger partial charge in [-0.3, -0.25) is 4.57 Å². The fourth-order valence-electron chi connectivity index (χ4n) is 3.46. The number of aromatic nitrogens is 3. The Kier molecular flexibility index (Phi) is 4.97. The van der Waals surface area contributed by atoms with Crippen LogP contribution in [0.1, 0.15) is 24.0 Å². The fraction of sp³-hybridized carbons (Fsp3) is 0.333. The normalized spacial score (nSPS) is 17.4. The van der Waals surface area contributed by atoms with Crippen LogP contribution in [0.2, 0.25) is 0 Å². The predicted molar refractivity (Wildman–Crippen MR) is 105 cm³/mol. The molecule has 1 fully saturated rings. The van der Waals surface area contributed by atoms with Gasteiger partial charge < -0.3 is 10.2 Å². The molecule has 2 aromatic heterocycles. The number of piperidine rings is 1. The van der Waals surface area contributed by atoms with Crippen LogP contribution in [-0.4, -0.2) is 33.7 Å². The maximum atomic E-state index is 4.53. The molecule has 0 unspecified atom stereocenters. The van der Waals surface area contributed by atoms with Crippen molar-refractivity contribution in [3.63, 3.8) is 0 Å². The van der Waals surface area contributed by atoms with Crippen molar-refractivity contribution in [2.24, 2.45) is 0 Å². The number of anilines is 1. The lowest BCUT2D eigenvalue weighted by Gasteiger charge is -2.35. The van der Waals surface area contributed by atoms with Gasteiger partial charge in [0.2, 0.25) is 0 Å². The highest BCUT2D eigenvalue weighted by molar-refractivity contribution is 5.48. The van der Waals surface area contributed by atoms with Crippen molar-refractivity contribution in [2.45, 2.75) is 32.4 Å². The molecule has 0 bridgehead atoms. The molecule has 1 aliphatic heterocycles. The van der Waals surface area contributed by atoms with E-state index < -0.39 is 0 Å². The summed E-state index contributed by atoms with van der Waals surface area (Å²) in [6.07, 6.45) is 9.83. The molecule has 1 aromatic carbocycles. The third-order valence-corrected chi connectivity index (χ3v) is 4.99. The minimum atomic E-state index is 0.512. The highest BCUT2D eigenvalue weighted by Crippen LogP contribution is 2.20. The number of pyridine rings is 1. The molecule has 5 heteroatoms. The third-order valence-electron chi connectivity index (χ3n) is 4.99. The summed E-state index contributed by atoms with van der Waals surface area (Å²) < 4.78 is 1.91.